The Morgan fingerprint density at radius 1 is 0.962 bits per heavy atom. The number of carbonyl (C=O) groups excluding carboxylic acids is 4. The Morgan fingerprint density at radius 2 is 1.65 bits per heavy atom. The highest BCUT2D eigenvalue weighted by atomic mass is 16.2. The number of para-hydroxylation sites is 1. The van der Waals surface area contributed by atoms with E-state index in [4.69, 9.17) is 0 Å². The zero-order valence-corrected chi connectivity index (χ0v) is 14.4. The summed E-state index contributed by atoms with van der Waals surface area (Å²) in [6.07, 6.45) is 0. The number of carbonyl (C=O) groups is 4. The van der Waals surface area contributed by atoms with Gasteiger partial charge in [-0.15, -0.1) is 0 Å². The molecular weight excluding hydrogens is 334 g/mol. The molecule has 5 amide bonds. The van der Waals surface area contributed by atoms with Gasteiger partial charge in [-0.2, -0.15) is 0 Å². The molecular formula is C19H17N3O4. The SMILES string of the molecule is Cc1ccc(C)c(NC(=O)CN2C(=O)C(=O)N(c3ccccc3)C2=O)c1. The lowest BCUT2D eigenvalue weighted by atomic mass is 10.1. The number of imide groups is 2. The second-order valence-electron chi connectivity index (χ2n) is 6.02. The van der Waals surface area contributed by atoms with E-state index >= 15 is 0 Å². The Hall–Kier alpha value is -3.48. The van der Waals surface area contributed by atoms with Crippen LogP contribution in [0.1, 0.15) is 11.1 Å². The Balaban J connectivity index is 1.76. The van der Waals surface area contributed by atoms with E-state index < -0.39 is 30.3 Å². The van der Waals surface area contributed by atoms with Gasteiger partial charge in [-0.25, -0.2) is 14.6 Å². The minimum Gasteiger partial charge on any atom is -0.324 e. The average Bonchev–Trinajstić information content (AvgIpc) is 2.82. The molecule has 3 rings (SSSR count). The highest BCUT2D eigenvalue weighted by molar-refractivity contribution is 6.53. The summed E-state index contributed by atoms with van der Waals surface area (Å²) >= 11 is 0. The number of urea groups is 1. The van der Waals surface area contributed by atoms with E-state index in [-0.39, 0.29) is 5.69 Å². The normalized spacial score (nSPS) is 14.2. The molecule has 2 aromatic carbocycles. The van der Waals surface area contributed by atoms with Crippen LogP contribution in [0.15, 0.2) is 48.5 Å². The van der Waals surface area contributed by atoms with E-state index in [9.17, 15) is 19.2 Å². The number of amides is 5. The fourth-order valence-corrected chi connectivity index (χ4v) is 2.65. The fraction of sp³-hybridized carbons (Fsp3) is 0.158. The molecule has 132 valence electrons. The van der Waals surface area contributed by atoms with Crippen LogP contribution >= 0.6 is 0 Å². The molecule has 1 N–H and O–H groups in total. The van der Waals surface area contributed by atoms with Crippen LogP contribution in [0.25, 0.3) is 0 Å². The lowest BCUT2D eigenvalue weighted by Gasteiger charge is -2.16. The quantitative estimate of drug-likeness (QED) is 0.676. The maximum Gasteiger partial charge on any atom is 0.339 e. The molecule has 1 fully saturated rings. The van der Waals surface area contributed by atoms with Crippen molar-refractivity contribution in [2.45, 2.75) is 13.8 Å². The molecule has 1 heterocycles. The number of hydrogen-bond donors (Lipinski definition) is 1. The van der Waals surface area contributed by atoms with Crippen LogP contribution in [-0.4, -0.2) is 35.2 Å². The highest BCUT2D eigenvalue weighted by Gasteiger charge is 2.46. The molecule has 0 bridgehead atoms. The van der Waals surface area contributed by atoms with Crippen molar-refractivity contribution < 1.29 is 19.2 Å². The molecule has 1 aliphatic heterocycles. The zero-order chi connectivity index (χ0) is 18.8. The molecule has 1 aliphatic rings. The first kappa shape index (κ1) is 17.3. The van der Waals surface area contributed by atoms with Crippen LogP contribution in [0, 0.1) is 13.8 Å². The van der Waals surface area contributed by atoms with Crippen LogP contribution in [-0.2, 0) is 14.4 Å². The minimum atomic E-state index is -1.02. The number of rotatable bonds is 4. The molecule has 0 unspecified atom stereocenters. The van der Waals surface area contributed by atoms with E-state index in [0.717, 1.165) is 16.0 Å². The van der Waals surface area contributed by atoms with Crippen LogP contribution in [0.2, 0.25) is 0 Å². The van der Waals surface area contributed by atoms with Gasteiger partial charge >= 0.3 is 17.8 Å². The van der Waals surface area contributed by atoms with Crippen molar-refractivity contribution in [1.82, 2.24) is 4.90 Å². The Morgan fingerprint density at radius 3 is 2.35 bits per heavy atom. The Bertz CT molecular complexity index is 908. The number of nitrogens with one attached hydrogen (secondary N) is 1. The topological polar surface area (TPSA) is 86.8 Å². The third kappa shape index (κ3) is 3.19. The van der Waals surface area contributed by atoms with Crippen molar-refractivity contribution >= 4 is 35.1 Å². The molecule has 0 spiro atoms. The molecule has 0 aliphatic carbocycles. The summed E-state index contributed by atoms with van der Waals surface area (Å²) in [7, 11) is 0. The number of nitrogens with zero attached hydrogens (tertiary/aromatic N) is 2. The maximum absolute atomic E-state index is 12.5. The number of anilines is 2. The van der Waals surface area contributed by atoms with Gasteiger partial charge < -0.3 is 5.32 Å². The van der Waals surface area contributed by atoms with Crippen LogP contribution in [0.5, 0.6) is 0 Å². The third-order valence-electron chi connectivity index (χ3n) is 4.04. The first-order chi connectivity index (χ1) is 12.4. The Labute approximate surface area is 150 Å². The molecule has 0 radical (unpaired) electrons. The van der Waals surface area contributed by atoms with Crippen molar-refractivity contribution in [2.75, 3.05) is 16.8 Å². The smallest absolute Gasteiger partial charge is 0.324 e. The summed E-state index contributed by atoms with van der Waals surface area (Å²) < 4.78 is 0. The molecule has 26 heavy (non-hydrogen) atoms. The molecule has 0 atom stereocenters. The van der Waals surface area contributed by atoms with Crippen molar-refractivity contribution in [2.24, 2.45) is 0 Å². The summed E-state index contributed by atoms with van der Waals surface area (Å²) in [4.78, 5) is 50.5. The second-order valence-corrected chi connectivity index (χ2v) is 6.02. The second kappa shape index (κ2) is 6.79. The molecule has 2 aromatic rings. The van der Waals surface area contributed by atoms with Gasteiger partial charge in [0, 0.05) is 5.69 Å². The largest absolute Gasteiger partial charge is 0.339 e. The summed E-state index contributed by atoms with van der Waals surface area (Å²) in [6, 6.07) is 12.8. The highest BCUT2D eigenvalue weighted by Crippen LogP contribution is 2.22. The van der Waals surface area contributed by atoms with E-state index in [2.05, 4.69) is 5.32 Å². The van der Waals surface area contributed by atoms with Crippen LogP contribution in [0.3, 0.4) is 0 Å². The predicted octanol–water partition coefficient (Wildman–Crippen LogP) is 2.24. The van der Waals surface area contributed by atoms with Gasteiger partial charge in [-0.1, -0.05) is 30.3 Å². The molecule has 1 saturated heterocycles. The lowest BCUT2D eigenvalue weighted by molar-refractivity contribution is -0.140. The van der Waals surface area contributed by atoms with Crippen molar-refractivity contribution in [3.8, 4) is 0 Å². The molecule has 0 aromatic heterocycles. The van der Waals surface area contributed by atoms with Gasteiger partial charge in [0.15, 0.2) is 0 Å². The number of aryl methyl sites for hydroxylation is 2. The van der Waals surface area contributed by atoms with Crippen molar-refractivity contribution in [3.63, 3.8) is 0 Å². The van der Waals surface area contributed by atoms with E-state index in [1.165, 1.54) is 0 Å². The van der Waals surface area contributed by atoms with Crippen molar-refractivity contribution in [1.29, 1.82) is 0 Å². The third-order valence-corrected chi connectivity index (χ3v) is 4.04. The predicted molar refractivity (Wildman–Crippen MR) is 95.6 cm³/mol. The van der Waals surface area contributed by atoms with Gasteiger partial charge in [-0.05, 0) is 43.2 Å². The maximum atomic E-state index is 12.5. The van der Waals surface area contributed by atoms with E-state index in [1.807, 2.05) is 26.0 Å². The van der Waals surface area contributed by atoms with Gasteiger partial charge in [-0.3, -0.25) is 14.4 Å². The van der Waals surface area contributed by atoms with Gasteiger partial charge in [0.05, 0.1) is 5.69 Å². The summed E-state index contributed by atoms with van der Waals surface area (Å²) in [5.74, 6) is -2.54. The van der Waals surface area contributed by atoms with E-state index in [1.54, 1.807) is 36.4 Å². The van der Waals surface area contributed by atoms with Crippen molar-refractivity contribution in [3.05, 3.63) is 59.7 Å². The summed E-state index contributed by atoms with van der Waals surface area (Å²) in [6.45, 7) is 3.20. The van der Waals surface area contributed by atoms with Crippen LogP contribution < -0.4 is 10.2 Å². The molecule has 7 heteroatoms. The Kier molecular flexibility index (Phi) is 4.53. The fourth-order valence-electron chi connectivity index (χ4n) is 2.65. The summed E-state index contributed by atoms with van der Waals surface area (Å²) in [5.41, 5.74) is 2.70. The number of benzene rings is 2. The monoisotopic (exact) mass is 351 g/mol. The first-order valence-electron chi connectivity index (χ1n) is 8.00. The summed E-state index contributed by atoms with van der Waals surface area (Å²) in [5, 5.41) is 2.67. The first-order valence-corrected chi connectivity index (χ1v) is 8.00. The number of hydrogen-bond acceptors (Lipinski definition) is 4. The minimum absolute atomic E-state index is 0.285. The zero-order valence-electron chi connectivity index (χ0n) is 14.4. The lowest BCUT2D eigenvalue weighted by Crippen LogP contribution is -2.39. The standard InChI is InChI=1S/C19H17N3O4/c1-12-8-9-13(2)15(10-12)20-16(23)11-21-17(24)18(25)22(19(21)26)14-6-4-3-5-7-14/h3-10H,11H2,1-2H3,(H,20,23). The average molecular weight is 351 g/mol. The van der Waals surface area contributed by atoms with Gasteiger partial charge in [0.2, 0.25) is 5.91 Å². The van der Waals surface area contributed by atoms with Gasteiger partial charge in [0.25, 0.3) is 0 Å². The van der Waals surface area contributed by atoms with Gasteiger partial charge in [0.1, 0.15) is 6.54 Å². The molecule has 0 saturated carbocycles. The van der Waals surface area contributed by atoms with Crippen LogP contribution in [0.4, 0.5) is 16.2 Å². The van der Waals surface area contributed by atoms with E-state index in [0.29, 0.717) is 10.6 Å². The molecule has 7 nitrogen and oxygen atoms in total.